The minimum absolute atomic E-state index is 0.211. The second-order valence-electron chi connectivity index (χ2n) is 5.82. The van der Waals surface area contributed by atoms with Gasteiger partial charge in [0.15, 0.2) is 11.5 Å². The van der Waals surface area contributed by atoms with E-state index in [1.807, 2.05) is 0 Å². The van der Waals surface area contributed by atoms with E-state index >= 15 is 0 Å². The fraction of sp³-hybridized carbons (Fsp3) is 0.588. The van der Waals surface area contributed by atoms with Crippen molar-refractivity contribution in [1.29, 1.82) is 0 Å². The molecule has 0 saturated heterocycles. The smallest absolute Gasteiger partial charge is 0.314 e. The molecule has 1 fully saturated rings. The highest BCUT2D eigenvalue weighted by atomic mass is 19.2. The number of carbonyl (C=O) groups excluding carboxylic acids is 1. The Morgan fingerprint density at radius 1 is 1.14 bits per heavy atom. The minimum atomic E-state index is -1.19. The third-order valence-electron chi connectivity index (χ3n) is 4.32. The molecule has 3 nitrogen and oxygen atoms in total. The second kappa shape index (κ2) is 7.56. The molecule has 0 bridgehead atoms. The SMILES string of the molecule is CCC[C@H]1CC[C@H](C(=O)Oc2ccc(OC)c(F)c2F)CC1. The highest BCUT2D eigenvalue weighted by Crippen LogP contribution is 2.33. The van der Waals surface area contributed by atoms with Crippen LogP contribution in [-0.2, 0) is 4.79 Å². The summed E-state index contributed by atoms with van der Waals surface area (Å²) in [6.07, 6.45) is 5.82. The van der Waals surface area contributed by atoms with E-state index in [9.17, 15) is 13.6 Å². The normalized spacial score (nSPS) is 21.5. The zero-order chi connectivity index (χ0) is 16.1. The minimum Gasteiger partial charge on any atom is -0.494 e. The molecule has 0 aliphatic heterocycles. The monoisotopic (exact) mass is 312 g/mol. The zero-order valence-corrected chi connectivity index (χ0v) is 13.0. The summed E-state index contributed by atoms with van der Waals surface area (Å²) in [7, 11) is 1.25. The molecule has 1 saturated carbocycles. The van der Waals surface area contributed by atoms with Crippen molar-refractivity contribution in [3.8, 4) is 11.5 Å². The fourth-order valence-corrected chi connectivity index (χ4v) is 3.04. The van der Waals surface area contributed by atoms with Gasteiger partial charge in [0, 0.05) is 0 Å². The first-order valence-electron chi connectivity index (χ1n) is 7.80. The van der Waals surface area contributed by atoms with Crippen molar-refractivity contribution in [1.82, 2.24) is 0 Å². The van der Waals surface area contributed by atoms with Crippen LogP contribution in [0.5, 0.6) is 11.5 Å². The van der Waals surface area contributed by atoms with Gasteiger partial charge < -0.3 is 9.47 Å². The van der Waals surface area contributed by atoms with Crippen molar-refractivity contribution < 1.29 is 23.0 Å². The van der Waals surface area contributed by atoms with Crippen molar-refractivity contribution >= 4 is 5.97 Å². The zero-order valence-electron chi connectivity index (χ0n) is 13.0. The van der Waals surface area contributed by atoms with Crippen LogP contribution in [0.4, 0.5) is 8.78 Å². The van der Waals surface area contributed by atoms with Crippen LogP contribution in [0.25, 0.3) is 0 Å². The lowest BCUT2D eigenvalue weighted by atomic mass is 9.80. The maximum Gasteiger partial charge on any atom is 0.314 e. The molecule has 0 aromatic heterocycles. The van der Waals surface area contributed by atoms with Crippen molar-refractivity contribution in [2.75, 3.05) is 7.11 Å². The summed E-state index contributed by atoms with van der Waals surface area (Å²) in [5, 5.41) is 0. The first-order chi connectivity index (χ1) is 10.6. The third kappa shape index (κ3) is 3.76. The molecule has 0 N–H and O–H groups in total. The molecule has 1 aliphatic carbocycles. The lowest BCUT2D eigenvalue weighted by Gasteiger charge is -2.26. The van der Waals surface area contributed by atoms with Gasteiger partial charge in [-0.1, -0.05) is 19.8 Å². The molecule has 0 heterocycles. The first kappa shape index (κ1) is 16.7. The predicted octanol–water partition coefficient (Wildman–Crippen LogP) is 4.49. The molecule has 22 heavy (non-hydrogen) atoms. The fourth-order valence-electron chi connectivity index (χ4n) is 3.04. The number of esters is 1. The summed E-state index contributed by atoms with van der Waals surface area (Å²) in [5.74, 6) is -2.94. The van der Waals surface area contributed by atoms with Crippen LogP contribution in [0.1, 0.15) is 45.4 Å². The Labute approximate surface area is 129 Å². The van der Waals surface area contributed by atoms with Crippen molar-refractivity contribution in [3.05, 3.63) is 23.8 Å². The Kier molecular flexibility index (Phi) is 5.75. The number of ether oxygens (including phenoxy) is 2. The molecule has 1 aliphatic rings. The summed E-state index contributed by atoms with van der Waals surface area (Å²) in [5.41, 5.74) is 0. The Balaban J connectivity index is 1.97. The molecule has 122 valence electrons. The van der Waals surface area contributed by atoms with Crippen LogP contribution in [0.15, 0.2) is 12.1 Å². The first-order valence-corrected chi connectivity index (χ1v) is 7.80. The lowest BCUT2D eigenvalue weighted by Crippen LogP contribution is -2.26. The summed E-state index contributed by atoms with van der Waals surface area (Å²) in [6, 6.07) is 2.47. The Bertz CT molecular complexity index is 523. The maximum atomic E-state index is 13.8. The van der Waals surface area contributed by atoms with E-state index in [0.29, 0.717) is 5.92 Å². The van der Waals surface area contributed by atoms with Crippen LogP contribution < -0.4 is 9.47 Å². The number of halogens is 2. The van der Waals surface area contributed by atoms with Gasteiger partial charge in [-0.2, -0.15) is 8.78 Å². The van der Waals surface area contributed by atoms with Gasteiger partial charge in [-0.25, -0.2) is 0 Å². The molecule has 0 unspecified atom stereocenters. The lowest BCUT2D eigenvalue weighted by molar-refractivity contribution is -0.140. The summed E-state index contributed by atoms with van der Waals surface area (Å²) >= 11 is 0. The highest BCUT2D eigenvalue weighted by molar-refractivity contribution is 5.75. The Morgan fingerprint density at radius 2 is 1.73 bits per heavy atom. The molecule has 5 heteroatoms. The van der Waals surface area contributed by atoms with Gasteiger partial charge in [0.1, 0.15) is 0 Å². The summed E-state index contributed by atoms with van der Waals surface area (Å²) in [4.78, 5) is 12.1. The quantitative estimate of drug-likeness (QED) is 0.594. The molecular formula is C17H22F2O3. The van der Waals surface area contributed by atoms with Gasteiger partial charge >= 0.3 is 5.97 Å². The van der Waals surface area contributed by atoms with Crippen molar-refractivity contribution in [2.45, 2.75) is 45.4 Å². The third-order valence-corrected chi connectivity index (χ3v) is 4.32. The van der Waals surface area contributed by atoms with Crippen LogP contribution in [0.2, 0.25) is 0 Å². The van der Waals surface area contributed by atoms with E-state index in [1.165, 1.54) is 25.7 Å². The number of hydrogen-bond donors (Lipinski definition) is 0. The second-order valence-corrected chi connectivity index (χ2v) is 5.82. The molecule has 1 aromatic rings. The van der Waals surface area contributed by atoms with Crippen molar-refractivity contribution in [2.24, 2.45) is 11.8 Å². The van der Waals surface area contributed by atoms with Gasteiger partial charge in [0.05, 0.1) is 13.0 Å². The topological polar surface area (TPSA) is 35.5 Å². The number of carbonyl (C=O) groups is 1. The van der Waals surface area contributed by atoms with Crippen LogP contribution in [0, 0.1) is 23.5 Å². The van der Waals surface area contributed by atoms with E-state index < -0.39 is 17.6 Å². The molecular weight excluding hydrogens is 290 g/mol. The van der Waals surface area contributed by atoms with Gasteiger partial charge in [-0.3, -0.25) is 4.79 Å². The van der Waals surface area contributed by atoms with E-state index in [2.05, 4.69) is 11.7 Å². The van der Waals surface area contributed by atoms with E-state index in [4.69, 9.17) is 4.74 Å². The Morgan fingerprint density at radius 3 is 2.32 bits per heavy atom. The molecule has 2 rings (SSSR count). The largest absolute Gasteiger partial charge is 0.494 e. The maximum absolute atomic E-state index is 13.8. The molecule has 0 spiro atoms. The van der Waals surface area contributed by atoms with Gasteiger partial charge in [-0.15, -0.1) is 0 Å². The van der Waals surface area contributed by atoms with Crippen LogP contribution >= 0.6 is 0 Å². The summed E-state index contributed by atoms with van der Waals surface area (Å²) < 4.78 is 37.1. The van der Waals surface area contributed by atoms with Gasteiger partial charge in [-0.05, 0) is 43.7 Å². The number of hydrogen-bond acceptors (Lipinski definition) is 3. The van der Waals surface area contributed by atoms with E-state index in [1.54, 1.807) is 0 Å². The average molecular weight is 312 g/mol. The van der Waals surface area contributed by atoms with Crippen LogP contribution in [0.3, 0.4) is 0 Å². The van der Waals surface area contributed by atoms with Gasteiger partial charge in [0.25, 0.3) is 0 Å². The Hall–Kier alpha value is -1.65. The predicted molar refractivity (Wildman–Crippen MR) is 78.9 cm³/mol. The van der Waals surface area contributed by atoms with Crippen molar-refractivity contribution in [3.63, 3.8) is 0 Å². The molecule has 1 aromatic carbocycles. The van der Waals surface area contributed by atoms with Gasteiger partial charge in [0.2, 0.25) is 11.6 Å². The van der Waals surface area contributed by atoms with E-state index in [0.717, 1.165) is 32.1 Å². The molecule has 0 atom stereocenters. The van der Waals surface area contributed by atoms with E-state index in [-0.39, 0.29) is 17.4 Å². The molecule has 0 amide bonds. The average Bonchev–Trinajstić information content (AvgIpc) is 2.53. The number of rotatable bonds is 5. The summed E-state index contributed by atoms with van der Waals surface area (Å²) in [6.45, 7) is 2.15. The van der Waals surface area contributed by atoms with Crippen LogP contribution in [-0.4, -0.2) is 13.1 Å². The highest BCUT2D eigenvalue weighted by Gasteiger charge is 2.28. The standard InChI is InChI=1S/C17H22F2O3/c1-3-4-11-5-7-12(8-6-11)17(20)22-14-10-9-13(21-2)15(18)16(14)19/h9-12H,3-8H2,1-2H3/t11-,12-. The number of benzene rings is 1. The number of methoxy groups -OCH3 is 1. The molecule has 0 radical (unpaired) electrons.